The molecule has 2 aromatic carbocycles. The van der Waals surface area contributed by atoms with Crippen molar-refractivity contribution in [3.63, 3.8) is 0 Å². The highest BCUT2D eigenvalue weighted by Gasteiger charge is 2.42. The van der Waals surface area contributed by atoms with Crippen LogP contribution in [-0.2, 0) is 6.42 Å². The molecule has 154 valence electrons. The van der Waals surface area contributed by atoms with Crippen LogP contribution in [0, 0.1) is 0 Å². The third-order valence-corrected chi connectivity index (χ3v) is 6.15. The molecular weight excluding hydrogens is 400 g/mol. The van der Waals surface area contributed by atoms with Gasteiger partial charge in [-0.05, 0) is 72.7 Å². The second-order valence-electron chi connectivity index (χ2n) is 7.66. The van der Waals surface area contributed by atoms with Gasteiger partial charge in [0.05, 0.1) is 11.7 Å². The number of anilines is 1. The summed E-state index contributed by atoms with van der Waals surface area (Å²) in [5.74, 6) is 0. The molecule has 0 radical (unpaired) electrons. The Kier molecular flexibility index (Phi) is 5.26. The number of aromatic nitrogens is 2. The highest BCUT2D eigenvalue weighted by molar-refractivity contribution is 7.80. The molecule has 0 saturated carbocycles. The van der Waals surface area contributed by atoms with Crippen molar-refractivity contribution in [1.29, 1.82) is 0 Å². The molecule has 3 heterocycles. The zero-order chi connectivity index (χ0) is 21.2. The molecule has 2 aromatic heterocycles. The fourth-order valence-corrected chi connectivity index (χ4v) is 4.63. The molecule has 1 saturated heterocycles. The van der Waals surface area contributed by atoms with Crippen LogP contribution in [0.3, 0.4) is 0 Å². The van der Waals surface area contributed by atoms with Gasteiger partial charge < -0.3 is 14.8 Å². The summed E-state index contributed by atoms with van der Waals surface area (Å²) < 4.78 is 2.24. The number of rotatable bonds is 5. The molecule has 2 atom stereocenters. The first-order valence-electron chi connectivity index (χ1n) is 10.6. The number of nitrogens with one attached hydrogen (secondary N) is 1. The largest absolute Gasteiger partial charge is 0.351 e. The molecule has 0 spiro atoms. The topological polar surface area (TPSA) is 33.1 Å². The van der Waals surface area contributed by atoms with Gasteiger partial charge in [-0.15, -0.1) is 0 Å². The molecule has 4 nitrogen and oxygen atoms in total. The molecule has 4 aromatic rings. The Morgan fingerprint density at radius 2 is 1.65 bits per heavy atom. The lowest BCUT2D eigenvalue weighted by Gasteiger charge is -2.29. The third-order valence-electron chi connectivity index (χ3n) is 5.84. The fraction of sp³-hybridized carbons (Fsp3) is 0.154. The predicted octanol–water partition coefficient (Wildman–Crippen LogP) is 5.61. The lowest BCUT2D eigenvalue weighted by atomic mass is 10.0. The maximum Gasteiger partial charge on any atom is 0.174 e. The monoisotopic (exact) mass is 424 g/mol. The molecule has 0 aliphatic carbocycles. The minimum Gasteiger partial charge on any atom is -0.351 e. The van der Waals surface area contributed by atoms with Gasteiger partial charge in [0, 0.05) is 29.5 Å². The highest BCUT2D eigenvalue weighted by atomic mass is 32.1. The summed E-state index contributed by atoms with van der Waals surface area (Å²) in [6, 6.07) is 29.3. The number of nitrogens with zero attached hydrogens (tertiary/aromatic N) is 3. The number of benzene rings is 2. The normalized spacial score (nSPS) is 18.2. The summed E-state index contributed by atoms with van der Waals surface area (Å²) in [5.41, 5.74) is 5.66. The van der Waals surface area contributed by atoms with Gasteiger partial charge in [0.25, 0.3) is 0 Å². The summed E-state index contributed by atoms with van der Waals surface area (Å²) in [7, 11) is 0. The summed E-state index contributed by atoms with van der Waals surface area (Å²) in [6.07, 6.45) is 4.96. The van der Waals surface area contributed by atoms with Crippen molar-refractivity contribution >= 4 is 23.0 Å². The van der Waals surface area contributed by atoms with Crippen LogP contribution >= 0.6 is 12.2 Å². The van der Waals surface area contributed by atoms with Gasteiger partial charge in [-0.3, -0.25) is 4.98 Å². The molecule has 1 N–H and O–H groups in total. The van der Waals surface area contributed by atoms with E-state index in [4.69, 9.17) is 12.2 Å². The van der Waals surface area contributed by atoms with E-state index in [0.29, 0.717) is 5.11 Å². The van der Waals surface area contributed by atoms with Gasteiger partial charge in [-0.2, -0.15) is 0 Å². The van der Waals surface area contributed by atoms with E-state index in [0.717, 1.165) is 29.2 Å². The summed E-state index contributed by atoms with van der Waals surface area (Å²) >= 11 is 5.85. The van der Waals surface area contributed by atoms with Gasteiger partial charge in [-0.1, -0.05) is 43.3 Å². The van der Waals surface area contributed by atoms with Crippen LogP contribution in [0.2, 0.25) is 0 Å². The van der Waals surface area contributed by atoms with Gasteiger partial charge >= 0.3 is 0 Å². The zero-order valence-electron chi connectivity index (χ0n) is 17.3. The third kappa shape index (κ3) is 3.62. The van der Waals surface area contributed by atoms with E-state index in [1.54, 1.807) is 0 Å². The van der Waals surface area contributed by atoms with Crippen LogP contribution in [0.1, 0.15) is 36.0 Å². The van der Waals surface area contributed by atoms with E-state index in [1.807, 2.05) is 24.4 Å². The summed E-state index contributed by atoms with van der Waals surface area (Å²) in [4.78, 5) is 6.88. The minimum absolute atomic E-state index is 0.0370. The van der Waals surface area contributed by atoms with E-state index >= 15 is 0 Å². The van der Waals surface area contributed by atoms with Crippen molar-refractivity contribution in [2.75, 3.05) is 4.90 Å². The number of hydrogen-bond donors (Lipinski definition) is 1. The Balaban J connectivity index is 1.65. The average Bonchev–Trinajstić information content (AvgIpc) is 3.44. The van der Waals surface area contributed by atoms with Crippen LogP contribution < -0.4 is 10.2 Å². The molecule has 1 fully saturated rings. The Bertz CT molecular complexity index is 1170. The number of aryl methyl sites for hydroxylation is 1. The standard InChI is InChI=1S/C26H24N4S/c1-2-19-13-15-21(16-14-19)30-25(24(28-26(30)31)22-11-6-7-17-27-22)23-12-8-18-29(23)20-9-4-3-5-10-20/h3-18,24-25H,2H2,1H3,(H,28,31)/t24-,25-/m1/s1. The SMILES string of the molecule is CCc1ccc(N2C(=S)N[C@H](c3ccccn3)[C@H]2c2cccn2-c2ccccc2)cc1. The van der Waals surface area contributed by atoms with Gasteiger partial charge in [-0.25, -0.2) is 0 Å². The molecule has 1 aliphatic heterocycles. The second-order valence-corrected chi connectivity index (χ2v) is 8.04. The number of thiocarbonyl (C=S) groups is 1. The second kappa shape index (κ2) is 8.36. The molecule has 5 rings (SSSR count). The van der Waals surface area contributed by atoms with Crippen LogP contribution in [0.5, 0.6) is 0 Å². The van der Waals surface area contributed by atoms with Crippen molar-refractivity contribution in [2.45, 2.75) is 25.4 Å². The Labute approximate surface area is 188 Å². The van der Waals surface area contributed by atoms with E-state index in [1.165, 1.54) is 5.56 Å². The van der Waals surface area contributed by atoms with E-state index in [-0.39, 0.29) is 12.1 Å². The highest BCUT2D eigenvalue weighted by Crippen LogP contribution is 2.42. The first-order valence-corrected chi connectivity index (χ1v) is 11.0. The van der Waals surface area contributed by atoms with Crippen molar-refractivity contribution in [2.24, 2.45) is 0 Å². The number of para-hydroxylation sites is 1. The maximum atomic E-state index is 5.85. The molecule has 31 heavy (non-hydrogen) atoms. The van der Waals surface area contributed by atoms with Crippen molar-refractivity contribution in [1.82, 2.24) is 14.9 Å². The van der Waals surface area contributed by atoms with Crippen LogP contribution in [0.4, 0.5) is 5.69 Å². The summed E-state index contributed by atoms with van der Waals surface area (Å²) in [5, 5.41) is 4.26. The smallest absolute Gasteiger partial charge is 0.174 e. The lowest BCUT2D eigenvalue weighted by Crippen LogP contribution is -2.30. The quantitative estimate of drug-likeness (QED) is 0.422. The van der Waals surface area contributed by atoms with Crippen LogP contribution in [-0.4, -0.2) is 14.7 Å². The van der Waals surface area contributed by atoms with E-state index in [9.17, 15) is 0 Å². The average molecular weight is 425 g/mol. The van der Waals surface area contributed by atoms with Crippen molar-refractivity contribution in [3.05, 3.63) is 114 Å². The Morgan fingerprint density at radius 3 is 2.35 bits per heavy atom. The molecule has 0 amide bonds. The van der Waals surface area contributed by atoms with Crippen LogP contribution in [0.25, 0.3) is 5.69 Å². The number of pyridine rings is 1. The maximum absolute atomic E-state index is 5.85. The van der Waals surface area contributed by atoms with Gasteiger partial charge in [0.1, 0.15) is 6.04 Å². The molecule has 0 bridgehead atoms. The minimum atomic E-state index is -0.0584. The molecule has 5 heteroatoms. The van der Waals surface area contributed by atoms with Crippen molar-refractivity contribution in [3.8, 4) is 5.69 Å². The van der Waals surface area contributed by atoms with E-state index < -0.39 is 0 Å². The summed E-state index contributed by atoms with van der Waals surface area (Å²) in [6.45, 7) is 2.17. The van der Waals surface area contributed by atoms with Crippen LogP contribution in [0.15, 0.2) is 97.3 Å². The van der Waals surface area contributed by atoms with Gasteiger partial charge in [0.2, 0.25) is 0 Å². The fourth-order valence-electron chi connectivity index (χ4n) is 4.28. The molecule has 0 unspecified atom stereocenters. The predicted molar refractivity (Wildman–Crippen MR) is 130 cm³/mol. The first-order chi connectivity index (χ1) is 15.3. The van der Waals surface area contributed by atoms with Gasteiger partial charge in [0.15, 0.2) is 5.11 Å². The van der Waals surface area contributed by atoms with Crippen molar-refractivity contribution < 1.29 is 0 Å². The number of hydrogen-bond acceptors (Lipinski definition) is 2. The van der Waals surface area contributed by atoms with E-state index in [2.05, 4.69) is 99.6 Å². The first kappa shape index (κ1) is 19.5. The Morgan fingerprint density at radius 1 is 0.871 bits per heavy atom. The zero-order valence-corrected chi connectivity index (χ0v) is 18.2. The molecular formula is C26H24N4S. The Hall–Kier alpha value is -3.44. The lowest BCUT2D eigenvalue weighted by molar-refractivity contribution is 0.549. The molecule has 1 aliphatic rings.